The van der Waals surface area contributed by atoms with Crippen molar-refractivity contribution in [3.05, 3.63) is 45.9 Å². The number of carbonyl (C=O) groups is 1. The van der Waals surface area contributed by atoms with Crippen LogP contribution in [0.5, 0.6) is 0 Å². The van der Waals surface area contributed by atoms with Gasteiger partial charge in [-0.05, 0) is 11.4 Å². The molecule has 1 amide bonds. The average Bonchev–Trinajstić information content (AvgIpc) is 3.04. The summed E-state index contributed by atoms with van der Waals surface area (Å²) in [5.74, 6) is 0.0964. The van der Waals surface area contributed by atoms with Gasteiger partial charge in [0.05, 0.1) is 18.7 Å². The van der Waals surface area contributed by atoms with E-state index in [9.17, 15) is 4.79 Å². The number of amides is 1. The predicted octanol–water partition coefficient (Wildman–Crippen LogP) is 2.66. The molecule has 0 aromatic carbocycles. The van der Waals surface area contributed by atoms with Gasteiger partial charge in [0.15, 0.2) is 4.96 Å². The molecule has 4 nitrogen and oxygen atoms in total. The first-order valence-electron chi connectivity index (χ1n) is 5.90. The van der Waals surface area contributed by atoms with E-state index in [0.29, 0.717) is 13.0 Å². The van der Waals surface area contributed by atoms with Crippen LogP contribution in [0.1, 0.15) is 10.6 Å². The van der Waals surface area contributed by atoms with Gasteiger partial charge in [0.2, 0.25) is 5.91 Å². The summed E-state index contributed by atoms with van der Waals surface area (Å²) in [5, 5.41) is 4.01. The molecule has 0 aliphatic carbocycles. The lowest BCUT2D eigenvalue weighted by atomic mass is 10.3. The number of nitrogens with zero attached hydrogens (tertiary/aromatic N) is 3. The van der Waals surface area contributed by atoms with E-state index in [1.165, 1.54) is 4.88 Å². The SMILES string of the molecule is CN(Cc1cccs1)C(=O)Cc1cn2ccsc2n1. The highest BCUT2D eigenvalue weighted by Gasteiger charge is 2.13. The van der Waals surface area contributed by atoms with Gasteiger partial charge in [-0.15, -0.1) is 22.7 Å². The fourth-order valence-corrected chi connectivity index (χ4v) is 3.35. The second-order valence-corrected chi connectivity index (χ2v) is 6.24. The Balaban J connectivity index is 1.65. The van der Waals surface area contributed by atoms with Crippen molar-refractivity contribution in [2.24, 2.45) is 0 Å². The third-order valence-electron chi connectivity index (χ3n) is 2.87. The van der Waals surface area contributed by atoms with Crippen LogP contribution in [-0.2, 0) is 17.8 Å². The van der Waals surface area contributed by atoms with Crippen molar-refractivity contribution in [1.29, 1.82) is 0 Å². The summed E-state index contributed by atoms with van der Waals surface area (Å²) >= 11 is 3.24. The fourth-order valence-electron chi connectivity index (χ4n) is 1.88. The Hall–Kier alpha value is -1.66. The molecule has 6 heteroatoms. The Morgan fingerprint density at radius 3 is 3.05 bits per heavy atom. The molecule has 3 aromatic rings. The van der Waals surface area contributed by atoms with Crippen LogP contribution in [0, 0.1) is 0 Å². The van der Waals surface area contributed by atoms with Crippen molar-refractivity contribution in [3.63, 3.8) is 0 Å². The average molecular weight is 291 g/mol. The number of rotatable bonds is 4. The van der Waals surface area contributed by atoms with E-state index < -0.39 is 0 Å². The lowest BCUT2D eigenvalue weighted by Crippen LogP contribution is -2.27. The Morgan fingerprint density at radius 1 is 1.42 bits per heavy atom. The molecule has 0 saturated carbocycles. The van der Waals surface area contributed by atoms with E-state index in [2.05, 4.69) is 4.98 Å². The second kappa shape index (κ2) is 5.14. The molecule has 3 rings (SSSR count). The third-order valence-corrected chi connectivity index (χ3v) is 4.51. The second-order valence-electron chi connectivity index (χ2n) is 4.33. The normalized spacial score (nSPS) is 11.0. The monoisotopic (exact) mass is 291 g/mol. The summed E-state index contributed by atoms with van der Waals surface area (Å²) in [6.45, 7) is 0.665. The zero-order valence-electron chi connectivity index (χ0n) is 10.4. The number of aromatic nitrogens is 2. The number of thiophene rings is 1. The third kappa shape index (κ3) is 2.69. The van der Waals surface area contributed by atoms with Crippen LogP contribution in [0.15, 0.2) is 35.3 Å². The maximum absolute atomic E-state index is 12.1. The summed E-state index contributed by atoms with van der Waals surface area (Å²) in [5.41, 5.74) is 0.829. The quantitative estimate of drug-likeness (QED) is 0.741. The van der Waals surface area contributed by atoms with Crippen LogP contribution < -0.4 is 0 Å². The van der Waals surface area contributed by atoms with Crippen molar-refractivity contribution in [2.75, 3.05) is 7.05 Å². The van der Waals surface area contributed by atoms with Crippen LogP contribution in [0.4, 0.5) is 0 Å². The minimum atomic E-state index is 0.0964. The molecule has 0 unspecified atom stereocenters. The molecule has 0 fully saturated rings. The van der Waals surface area contributed by atoms with E-state index in [4.69, 9.17) is 0 Å². The number of thiazole rings is 1. The zero-order chi connectivity index (χ0) is 13.2. The first-order valence-corrected chi connectivity index (χ1v) is 7.66. The number of imidazole rings is 1. The summed E-state index contributed by atoms with van der Waals surface area (Å²) in [4.78, 5) is 20.4. The summed E-state index contributed by atoms with van der Waals surface area (Å²) in [6.07, 6.45) is 4.23. The Bertz CT molecular complexity index is 655. The smallest absolute Gasteiger partial charge is 0.228 e. The number of carbonyl (C=O) groups excluding carboxylic acids is 1. The van der Waals surface area contributed by atoms with Crippen LogP contribution in [-0.4, -0.2) is 27.2 Å². The van der Waals surface area contributed by atoms with E-state index in [1.807, 2.05) is 46.7 Å². The van der Waals surface area contributed by atoms with Gasteiger partial charge in [0.1, 0.15) is 0 Å². The molecule has 0 aliphatic heterocycles. The van der Waals surface area contributed by atoms with Crippen LogP contribution in [0.2, 0.25) is 0 Å². The Labute approximate surface area is 118 Å². The van der Waals surface area contributed by atoms with Gasteiger partial charge < -0.3 is 4.90 Å². The molecule has 0 atom stereocenters. The first kappa shape index (κ1) is 12.4. The molecular weight excluding hydrogens is 278 g/mol. The minimum Gasteiger partial charge on any atom is -0.340 e. The molecule has 0 aliphatic rings. The molecule has 0 spiro atoms. The number of likely N-dealkylation sites (N-methyl/N-ethyl adjacent to an activating group) is 1. The van der Waals surface area contributed by atoms with E-state index in [0.717, 1.165) is 10.7 Å². The minimum absolute atomic E-state index is 0.0964. The Morgan fingerprint density at radius 2 is 2.32 bits per heavy atom. The number of hydrogen-bond donors (Lipinski definition) is 0. The lowest BCUT2D eigenvalue weighted by Gasteiger charge is -2.15. The topological polar surface area (TPSA) is 37.6 Å². The maximum Gasteiger partial charge on any atom is 0.228 e. The van der Waals surface area contributed by atoms with Crippen molar-refractivity contribution in [1.82, 2.24) is 14.3 Å². The van der Waals surface area contributed by atoms with E-state index >= 15 is 0 Å². The van der Waals surface area contributed by atoms with E-state index in [-0.39, 0.29) is 5.91 Å². The summed E-state index contributed by atoms with van der Waals surface area (Å²) in [7, 11) is 1.83. The molecule has 3 aromatic heterocycles. The number of fused-ring (bicyclic) bond motifs is 1. The van der Waals surface area contributed by atoms with Gasteiger partial charge in [-0.2, -0.15) is 0 Å². The highest BCUT2D eigenvalue weighted by atomic mass is 32.1. The molecule has 3 heterocycles. The predicted molar refractivity (Wildman–Crippen MR) is 77.6 cm³/mol. The molecule has 0 N–H and O–H groups in total. The standard InChI is InChI=1S/C13H13N3OS2/c1-15(9-11-3-2-5-18-11)12(17)7-10-8-16-4-6-19-13(16)14-10/h2-6,8H,7,9H2,1H3. The van der Waals surface area contributed by atoms with Crippen LogP contribution in [0.3, 0.4) is 0 Å². The highest BCUT2D eigenvalue weighted by molar-refractivity contribution is 7.15. The molecule has 19 heavy (non-hydrogen) atoms. The van der Waals surface area contributed by atoms with E-state index in [1.54, 1.807) is 27.6 Å². The van der Waals surface area contributed by atoms with Crippen molar-refractivity contribution >= 4 is 33.5 Å². The summed E-state index contributed by atoms with van der Waals surface area (Å²) in [6, 6.07) is 4.04. The maximum atomic E-state index is 12.1. The summed E-state index contributed by atoms with van der Waals surface area (Å²) < 4.78 is 1.95. The van der Waals surface area contributed by atoms with Gasteiger partial charge in [-0.1, -0.05) is 6.07 Å². The van der Waals surface area contributed by atoms with Gasteiger partial charge in [-0.25, -0.2) is 4.98 Å². The highest BCUT2D eigenvalue weighted by Crippen LogP contribution is 2.14. The molecule has 0 bridgehead atoms. The largest absolute Gasteiger partial charge is 0.340 e. The molecule has 0 radical (unpaired) electrons. The van der Waals surface area contributed by atoms with Crippen LogP contribution in [0.25, 0.3) is 4.96 Å². The number of hydrogen-bond acceptors (Lipinski definition) is 4. The zero-order valence-corrected chi connectivity index (χ0v) is 12.1. The van der Waals surface area contributed by atoms with Crippen molar-refractivity contribution in [3.8, 4) is 0 Å². The van der Waals surface area contributed by atoms with Gasteiger partial charge in [0, 0.05) is 29.7 Å². The molecular formula is C13H13N3OS2. The van der Waals surface area contributed by atoms with Crippen LogP contribution >= 0.6 is 22.7 Å². The van der Waals surface area contributed by atoms with Crippen molar-refractivity contribution in [2.45, 2.75) is 13.0 Å². The van der Waals surface area contributed by atoms with Gasteiger partial charge in [-0.3, -0.25) is 9.20 Å². The molecule has 98 valence electrons. The molecule has 0 saturated heterocycles. The van der Waals surface area contributed by atoms with Gasteiger partial charge in [0.25, 0.3) is 0 Å². The Kier molecular flexibility index (Phi) is 3.35. The fraction of sp³-hybridized carbons (Fsp3) is 0.231. The van der Waals surface area contributed by atoms with Crippen molar-refractivity contribution < 1.29 is 4.79 Å². The first-order chi connectivity index (χ1) is 9.22. The van der Waals surface area contributed by atoms with Gasteiger partial charge >= 0.3 is 0 Å². The lowest BCUT2D eigenvalue weighted by molar-refractivity contribution is -0.129.